The first-order valence-electron chi connectivity index (χ1n) is 6.79. The largest absolute Gasteiger partial charge is 0.496 e. The van der Waals surface area contributed by atoms with E-state index in [1.165, 1.54) is 27.4 Å². The zero-order valence-electron chi connectivity index (χ0n) is 13.0. The predicted octanol–water partition coefficient (Wildman–Crippen LogP) is 1.92. The molecule has 0 bridgehead atoms. The van der Waals surface area contributed by atoms with Crippen molar-refractivity contribution in [1.29, 1.82) is 0 Å². The Kier molecular flexibility index (Phi) is 4.44. The van der Waals surface area contributed by atoms with Crippen LogP contribution in [-0.2, 0) is 17.7 Å². The molecule has 1 atom stereocenters. The van der Waals surface area contributed by atoms with E-state index in [0.29, 0.717) is 17.9 Å². The fourth-order valence-electron chi connectivity index (χ4n) is 2.79. The Hall–Kier alpha value is -2.44. The van der Waals surface area contributed by atoms with Gasteiger partial charge < -0.3 is 24.2 Å². The molecule has 1 N–H and O–H groups in total. The van der Waals surface area contributed by atoms with Crippen LogP contribution < -0.4 is 9.47 Å². The summed E-state index contributed by atoms with van der Waals surface area (Å²) in [6, 6.07) is 1.29. The smallest absolute Gasteiger partial charge is 0.410 e. The number of benzene rings is 1. The van der Waals surface area contributed by atoms with Crippen LogP contribution in [0.15, 0.2) is 6.07 Å². The van der Waals surface area contributed by atoms with Crippen LogP contribution in [0.5, 0.6) is 11.5 Å². The zero-order chi connectivity index (χ0) is 16.4. The third kappa shape index (κ3) is 2.54. The minimum atomic E-state index is -1.08. The molecule has 0 aromatic heterocycles. The molecule has 1 aliphatic heterocycles. The lowest BCUT2D eigenvalue weighted by Crippen LogP contribution is -2.42. The van der Waals surface area contributed by atoms with Crippen molar-refractivity contribution in [2.45, 2.75) is 25.9 Å². The van der Waals surface area contributed by atoms with Crippen LogP contribution >= 0.6 is 0 Å². The highest BCUT2D eigenvalue weighted by atomic mass is 16.5. The molecule has 1 amide bonds. The van der Waals surface area contributed by atoms with Crippen molar-refractivity contribution in [2.75, 3.05) is 21.3 Å². The van der Waals surface area contributed by atoms with E-state index in [-0.39, 0.29) is 18.2 Å². The molecule has 1 aromatic rings. The Morgan fingerprint density at radius 2 is 1.91 bits per heavy atom. The van der Waals surface area contributed by atoms with Gasteiger partial charge in [0.05, 0.1) is 27.9 Å². The lowest BCUT2D eigenvalue weighted by molar-refractivity contribution is 0.0690. The second kappa shape index (κ2) is 6.13. The summed E-state index contributed by atoms with van der Waals surface area (Å²) in [4.78, 5) is 24.8. The van der Waals surface area contributed by atoms with Crippen molar-refractivity contribution in [2.24, 2.45) is 0 Å². The molecule has 0 radical (unpaired) electrons. The van der Waals surface area contributed by atoms with E-state index in [9.17, 15) is 14.7 Å². The summed E-state index contributed by atoms with van der Waals surface area (Å²) in [5.41, 5.74) is 1.55. The summed E-state index contributed by atoms with van der Waals surface area (Å²) in [5, 5.41) is 9.34. The summed E-state index contributed by atoms with van der Waals surface area (Å²) in [6.45, 7) is 2.15. The maximum Gasteiger partial charge on any atom is 0.410 e. The highest BCUT2D eigenvalue weighted by Crippen LogP contribution is 2.39. The minimum Gasteiger partial charge on any atom is -0.496 e. The second-order valence-corrected chi connectivity index (χ2v) is 5.07. The summed E-state index contributed by atoms with van der Waals surface area (Å²) >= 11 is 0. The number of hydrogen-bond donors (Lipinski definition) is 1. The van der Waals surface area contributed by atoms with Crippen LogP contribution in [0.2, 0.25) is 0 Å². The van der Waals surface area contributed by atoms with Gasteiger partial charge in [-0.25, -0.2) is 9.59 Å². The standard InChI is InChI=1S/C15H19NO6/c1-8-5-9-11(7-16(8)15(19)22-4)12(20-2)6-10(14(17)18)13(9)21-3/h6,8H,5,7H2,1-4H3,(H,17,18). The van der Waals surface area contributed by atoms with Gasteiger partial charge in [0.15, 0.2) is 0 Å². The normalized spacial score (nSPS) is 16.7. The summed E-state index contributed by atoms with van der Waals surface area (Å²) in [5.74, 6) is -0.338. The lowest BCUT2D eigenvalue weighted by atomic mass is 9.91. The number of nitrogens with zero attached hydrogens (tertiary/aromatic N) is 1. The van der Waals surface area contributed by atoms with Crippen LogP contribution in [0.25, 0.3) is 0 Å². The van der Waals surface area contributed by atoms with Gasteiger partial charge in [0.1, 0.15) is 17.1 Å². The number of carboxylic acids is 1. The van der Waals surface area contributed by atoms with Crippen molar-refractivity contribution in [3.8, 4) is 11.5 Å². The third-order valence-corrected chi connectivity index (χ3v) is 3.88. The summed E-state index contributed by atoms with van der Waals surface area (Å²) in [6.07, 6.45) is 0.0342. The molecule has 1 aliphatic rings. The highest BCUT2D eigenvalue weighted by molar-refractivity contribution is 5.92. The van der Waals surface area contributed by atoms with E-state index in [1.54, 1.807) is 4.90 Å². The van der Waals surface area contributed by atoms with Crippen molar-refractivity contribution in [3.05, 3.63) is 22.8 Å². The second-order valence-electron chi connectivity index (χ2n) is 5.07. The molecule has 0 saturated heterocycles. The van der Waals surface area contributed by atoms with Gasteiger partial charge in [-0.3, -0.25) is 0 Å². The SMILES string of the molecule is COC(=O)N1Cc2c(OC)cc(C(=O)O)c(OC)c2CC1C. The number of methoxy groups -OCH3 is 3. The monoisotopic (exact) mass is 309 g/mol. The first-order chi connectivity index (χ1) is 10.4. The van der Waals surface area contributed by atoms with E-state index >= 15 is 0 Å². The molecule has 22 heavy (non-hydrogen) atoms. The number of aromatic carboxylic acids is 1. The minimum absolute atomic E-state index is 0.0526. The first-order valence-corrected chi connectivity index (χ1v) is 6.79. The average molecular weight is 309 g/mol. The van der Waals surface area contributed by atoms with E-state index < -0.39 is 12.1 Å². The van der Waals surface area contributed by atoms with Gasteiger partial charge in [-0.1, -0.05) is 0 Å². The van der Waals surface area contributed by atoms with Crippen LogP contribution in [0, 0.1) is 0 Å². The number of amides is 1. The summed E-state index contributed by atoms with van der Waals surface area (Å²) < 4.78 is 15.4. The van der Waals surface area contributed by atoms with Crippen molar-refractivity contribution in [1.82, 2.24) is 4.90 Å². The fraction of sp³-hybridized carbons (Fsp3) is 0.467. The number of fused-ring (bicyclic) bond motifs is 1. The Bertz CT molecular complexity index is 613. The van der Waals surface area contributed by atoms with Gasteiger partial charge >= 0.3 is 12.1 Å². The van der Waals surface area contributed by atoms with Crippen LogP contribution in [0.4, 0.5) is 4.79 Å². The maximum absolute atomic E-state index is 11.9. The van der Waals surface area contributed by atoms with Gasteiger partial charge in [0, 0.05) is 17.2 Å². The maximum atomic E-state index is 11.9. The first kappa shape index (κ1) is 15.9. The fourth-order valence-corrected chi connectivity index (χ4v) is 2.79. The molecule has 0 spiro atoms. The number of carbonyl (C=O) groups is 2. The molecule has 120 valence electrons. The van der Waals surface area contributed by atoms with Crippen LogP contribution in [0.3, 0.4) is 0 Å². The van der Waals surface area contributed by atoms with Crippen molar-refractivity contribution >= 4 is 12.1 Å². The Morgan fingerprint density at radius 1 is 1.23 bits per heavy atom. The number of carboxylic acid groups (broad SMARTS) is 1. The number of ether oxygens (including phenoxy) is 3. The molecule has 0 aliphatic carbocycles. The van der Waals surface area contributed by atoms with Gasteiger partial charge in [-0.2, -0.15) is 0 Å². The van der Waals surface area contributed by atoms with Gasteiger partial charge in [-0.05, 0) is 19.4 Å². The van der Waals surface area contributed by atoms with Gasteiger partial charge in [-0.15, -0.1) is 0 Å². The summed E-state index contributed by atoms with van der Waals surface area (Å²) in [7, 11) is 4.23. The zero-order valence-corrected chi connectivity index (χ0v) is 13.0. The Morgan fingerprint density at radius 3 is 2.41 bits per heavy atom. The van der Waals surface area contributed by atoms with E-state index in [2.05, 4.69) is 0 Å². The molecule has 0 fully saturated rings. The number of hydrogen-bond acceptors (Lipinski definition) is 5. The third-order valence-electron chi connectivity index (χ3n) is 3.88. The van der Waals surface area contributed by atoms with Crippen LogP contribution in [-0.4, -0.2) is 49.4 Å². The molecule has 0 saturated carbocycles. The highest BCUT2D eigenvalue weighted by Gasteiger charge is 2.33. The topological polar surface area (TPSA) is 85.3 Å². The van der Waals surface area contributed by atoms with Gasteiger partial charge in [0.25, 0.3) is 0 Å². The molecular weight excluding hydrogens is 290 g/mol. The van der Waals surface area contributed by atoms with E-state index in [4.69, 9.17) is 14.2 Å². The molecule has 1 heterocycles. The predicted molar refractivity (Wildman–Crippen MR) is 77.6 cm³/mol. The number of carbonyl (C=O) groups excluding carboxylic acids is 1. The van der Waals surface area contributed by atoms with Crippen molar-refractivity contribution in [3.63, 3.8) is 0 Å². The molecule has 7 heteroatoms. The molecule has 1 aromatic carbocycles. The lowest BCUT2D eigenvalue weighted by Gasteiger charge is -2.35. The molecule has 7 nitrogen and oxygen atoms in total. The molecule has 1 unspecified atom stereocenters. The van der Waals surface area contributed by atoms with E-state index in [1.807, 2.05) is 6.92 Å². The molecular formula is C15H19NO6. The quantitative estimate of drug-likeness (QED) is 0.918. The number of rotatable bonds is 3. The Balaban J connectivity index is 2.60. The average Bonchev–Trinajstić information content (AvgIpc) is 2.51. The van der Waals surface area contributed by atoms with Crippen LogP contribution in [0.1, 0.15) is 28.4 Å². The Labute approximate surface area is 128 Å². The van der Waals surface area contributed by atoms with Gasteiger partial charge in [0.2, 0.25) is 0 Å². The molecule has 2 rings (SSSR count). The van der Waals surface area contributed by atoms with Crippen molar-refractivity contribution < 1.29 is 28.9 Å². The van der Waals surface area contributed by atoms with E-state index in [0.717, 1.165) is 11.1 Å².